The Kier molecular flexibility index (Phi) is 5.92. The van der Waals surface area contributed by atoms with Gasteiger partial charge < -0.3 is 0 Å². The van der Waals surface area contributed by atoms with E-state index in [4.69, 9.17) is 0 Å². The molecular formula is C15H23NO. The molecule has 0 heterocycles. The van der Waals surface area contributed by atoms with E-state index in [1.807, 2.05) is 30.3 Å². The number of hydrogen-bond acceptors (Lipinski definition) is 2. The number of ketones is 1. The van der Waals surface area contributed by atoms with Gasteiger partial charge in [0.05, 0.1) is 6.04 Å². The summed E-state index contributed by atoms with van der Waals surface area (Å²) in [6.07, 6.45) is 1.97. The molecule has 0 bridgehead atoms. The first-order chi connectivity index (χ1) is 8.24. The fourth-order valence-corrected chi connectivity index (χ4v) is 2.23. The lowest BCUT2D eigenvalue weighted by atomic mass is 10.0. The second-order valence-corrected chi connectivity index (χ2v) is 4.28. The number of hydrogen-bond donors (Lipinski definition) is 0. The molecule has 0 amide bonds. The van der Waals surface area contributed by atoms with Crippen LogP contribution in [0.1, 0.15) is 44.0 Å². The highest BCUT2D eigenvalue weighted by atomic mass is 16.1. The molecular weight excluding hydrogens is 210 g/mol. The number of carbonyl (C=O) groups excluding carboxylic acids is 1. The SMILES string of the molecule is CCCN(CC)C(CC)C(=O)c1ccccc1. The third kappa shape index (κ3) is 3.67. The van der Waals surface area contributed by atoms with Crippen molar-refractivity contribution in [3.05, 3.63) is 35.9 Å². The van der Waals surface area contributed by atoms with E-state index in [0.29, 0.717) is 0 Å². The van der Waals surface area contributed by atoms with E-state index < -0.39 is 0 Å². The van der Waals surface area contributed by atoms with Crippen LogP contribution in [0.4, 0.5) is 0 Å². The van der Waals surface area contributed by atoms with Gasteiger partial charge in [-0.3, -0.25) is 9.69 Å². The van der Waals surface area contributed by atoms with Crippen molar-refractivity contribution in [1.29, 1.82) is 0 Å². The zero-order valence-electron chi connectivity index (χ0n) is 11.1. The van der Waals surface area contributed by atoms with E-state index in [-0.39, 0.29) is 11.8 Å². The van der Waals surface area contributed by atoms with E-state index in [9.17, 15) is 4.79 Å². The van der Waals surface area contributed by atoms with Crippen LogP contribution in [0.2, 0.25) is 0 Å². The van der Waals surface area contributed by atoms with Crippen LogP contribution < -0.4 is 0 Å². The summed E-state index contributed by atoms with van der Waals surface area (Å²) in [6, 6.07) is 9.64. The lowest BCUT2D eigenvalue weighted by Gasteiger charge is -2.28. The summed E-state index contributed by atoms with van der Waals surface area (Å²) >= 11 is 0. The lowest BCUT2D eigenvalue weighted by Crippen LogP contribution is -2.41. The summed E-state index contributed by atoms with van der Waals surface area (Å²) in [4.78, 5) is 14.7. The average molecular weight is 233 g/mol. The summed E-state index contributed by atoms with van der Waals surface area (Å²) < 4.78 is 0. The predicted molar refractivity (Wildman–Crippen MR) is 72.4 cm³/mol. The normalized spacial score (nSPS) is 12.7. The molecule has 1 rings (SSSR count). The summed E-state index contributed by atoms with van der Waals surface area (Å²) in [5.74, 6) is 0.253. The molecule has 0 N–H and O–H groups in total. The number of likely N-dealkylation sites (N-methyl/N-ethyl adjacent to an activating group) is 1. The number of carbonyl (C=O) groups is 1. The molecule has 2 heteroatoms. The van der Waals surface area contributed by atoms with E-state index in [2.05, 4.69) is 25.7 Å². The van der Waals surface area contributed by atoms with Crippen LogP contribution in [-0.2, 0) is 0 Å². The van der Waals surface area contributed by atoms with Crippen molar-refractivity contribution in [2.24, 2.45) is 0 Å². The maximum absolute atomic E-state index is 12.4. The Morgan fingerprint density at radius 2 is 1.82 bits per heavy atom. The zero-order valence-corrected chi connectivity index (χ0v) is 11.1. The van der Waals surface area contributed by atoms with Gasteiger partial charge in [0, 0.05) is 5.56 Å². The molecule has 0 radical (unpaired) electrons. The van der Waals surface area contributed by atoms with E-state index >= 15 is 0 Å². The third-order valence-electron chi connectivity index (χ3n) is 3.11. The van der Waals surface area contributed by atoms with Crippen molar-refractivity contribution < 1.29 is 4.79 Å². The minimum absolute atomic E-state index is 0.0300. The minimum atomic E-state index is 0.0300. The molecule has 1 atom stereocenters. The minimum Gasteiger partial charge on any atom is -0.294 e. The Labute approximate surface area is 105 Å². The average Bonchev–Trinajstić information content (AvgIpc) is 2.39. The summed E-state index contributed by atoms with van der Waals surface area (Å²) in [6.45, 7) is 8.29. The van der Waals surface area contributed by atoms with Gasteiger partial charge in [0.25, 0.3) is 0 Å². The Hall–Kier alpha value is -1.15. The van der Waals surface area contributed by atoms with Gasteiger partial charge in [-0.05, 0) is 25.9 Å². The molecule has 0 aliphatic heterocycles. The molecule has 1 unspecified atom stereocenters. The Morgan fingerprint density at radius 3 is 2.29 bits per heavy atom. The number of rotatable bonds is 7. The second-order valence-electron chi connectivity index (χ2n) is 4.28. The van der Waals surface area contributed by atoms with Crippen LogP contribution in [0.15, 0.2) is 30.3 Å². The first-order valence-electron chi connectivity index (χ1n) is 6.57. The molecule has 0 spiro atoms. The summed E-state index contributed by atoms with van der Waals surface area (Å²) in [7, 11) is 0. The van der Waals surface area contributed by atoms with Crippen molar-refractivity contribution in [2.75, 3.05) is 13.1 Å². The first-order valence-corrected chi connectivity index (χ1v) is 6.57. The molecule has 2 nitrogen and oxygen atoms in total. The van der Waals surface area contributed by atoms with Crippen molar-refractivity contribution in [3.8, 4) is 0 Å². The smallest absolute Gasteiger partial charge is 0.179 e. The molecule has 0 saturated heterocycles. The third-order valence-corrected chi connectivity index (χ3v) is 3.11. The quantitative estimate of drug-likeness (QED) is 0.673. The van der Waals surface area contributed by atoms with Gasteiger partial charge >= 0.3 is 0 Å². The van der Waals surface area contributed by atoms with Gasteiger partial charge in [0.2, 0.25) is 0 Å². The predicted octanol–water partition coefficient (Wildman–Crippen LogP) is 3.38. The molecule has 1 aromatic rings. The molecule has 94 valence electrons. The topological polar surface area (TPSA) is 20.3 Å². The molecule has 0 aromatic heterocycles. The first kappa shape index (κ1) is 13.9. The lowest BCUT2D eigenvalue weighted by molar-refractivity contribution is 0.0818. The molecule has 0 fully saturated rings. The van der Waals surface area contributed by atoms with Gasteiger partial charge in [-0.2, -0.15) is 0 Å². The van der Waals surface area contributed by atoms with Gasteiger partial charge in [-0.25, -0.2) is 0 Å². The van der Waals surface area contributed by atoms with Crippen LogP contribution in [0.3, 0.4) is 0 Å². The molecule has 0 aliphatic carbocycles. The zero-order chi connectivity index (χ0) is 12.7. The monoisotopic (exact) mass is 233 g/mol. The fraction of sp³-hybridized carbons (Fsp3) is 0.533. The largest absolute Gasteiger partial charge is 0.294 e. The van der Waals surface area contributed by atoms with Crippen molar-refractivity contribution in [1.82, 2.24) is 4.90 Å². The van der Waals surface area contributed by atoms with Crippen LogP contribution in [0, 0.1) is 0 Å². The fourth-order valence-electron chi connectivity index (χ4n) is 2.23. The maximum Gasteiger partial charge on any atom is 0.179 e. The van der Waals surface area contributed by atoms with Crippen molar-refractivity contribution >= 4 is 5.78 Å². The van der Waals surface area contributed by atoms with E-state index in [0.717, 1.165) is 31.5 Å². The second kappa shape index (κ2) is 7.23. The standard InChI is InChI=1S/C15H23NO/c1-4-12-16(6-3)14(5-2)15(17)13-10-8-7-9-11-13/h7-11,14H,4-6,12H2,1-3H3. The number of nitrogens with zero attached hydrogens (tertiary/aromatic N) is 1. The van der Waals surface area contributed by atoms with Gasteiger partial charge in [-0.15, -0.1) is 0 Å². The number of Topliss-reactive ketones (excluding diaryl/α,β-unsaturated/α-hetero) is 1. The van der Waals surface area contributed by atoms with Crippen molar-refractivity contribution in [2.45, 2.75) is 39.7 Å². The van der Waals surface area contributed by atoms with Gasteiger partial charge in [0.15, 0.2) is 5.78 Å². The van der Waals surface area contributed by atoms with E-state index in [1.165, 1.54) is 0 Å². The highest BCUT2D eigenvalue weighted by Gasteiger charge is 2.23. The molecule has 0 aliphatic rings. The van der Waals surface area contributed by atoms with Crippen LogP contribution in [0.25, 0.3) is 0 Å². The Balaban J connectivity index is 2.83. The van der Waals surface area contributed by atoms with Crippen molar-refractivity contribution in [3.63, 3.8) is 0 Å². The highest BCUT2D eigenvalue weighted by Crippen LogP contribution is 2.12. The van der Waals surface area contributed by atoms with Gasteiger partial charge in [-0.1, -0.05) is 51.1 Å². The molecule has 1 aromatic carbocycles. The van der Waals surface area contributed by atoms with Gasteiger partial charge in [0.1, 0.15) is 0 Å². The van der Waals surface area contributed by atoms with Crippen LogP contribution >= 0.6 is 0 Å². The summed E-state index contributed by atoms with van der Waals surface area (Å²) in [5.41, 5.74) is 0.828. The Morgan fingerprint density at radius 1 is 1.18 bits per heavy atom. The molecule has 17 heavy (non-hydrogen) atoms. The number of benzene rings is 1. The van der Waals surface area contributed by atoms with E-state index in [1.54, 1.807) is 0 Å². The summed E-state index contributed by atoms with van der Waals surface area (Å²) in [5, 5.41) is 0. The van der Waals surface area contributed by atoms with Crippen LogP contribution in [-0.4, -0.2) is 29.8 Å². The maximum atomic E-state index is 12.4. The van der Waals surface area contributed by atoms with Crippen LogP contribution in [0.5, 0.6) is 0 Å². The molecule has 0 saturated carbocycles. The highest BCUT2D eigenvalue weighted by molar-refractivity contribution is 6.00. The Bertz CT molecular complexity index is 334.